The van der Waals surface area contributed by atoms with E-state index in [0.717, 1.165) is 5.56 Å². The van der Waals surface area contributed by atoms with Crippen LogP contribution < -0.4 is 0 Å². The van der Waals surface area contributed by atoms with E-state index >= 15 is 0 Å². The average Bonchev–Trinajstić information content (AvgIpc) is 2.15. The maximum absolute atomic E-state index is 9.96. The molecule has 0 aromatic heterocycles. The quantitative estimate of drug-likeness (QED) is 0.773. The van der Waals surface area contributed by atoms with E-state index in [1.807, 2.05) is 37.3 Å². The standard InChI is InChI=1S/C12H18O2/c1-9(12(2,3)14)11(13)10-7-5-4-6-8-10/h4-9,11,13-14H,1-3H3. The molecule has 1 aromatic rings. The van der Waals surface area contributed by atoms with Crippen molar-refractivity contribution in [2.24, 2.45) is 5.92 Å². The van der Waals surface area contributed by atoms with E-state index in [1.165, 1.54) is 0 Å². The summed E-state index contributed by atoms with van der Waals surface area (Å²) in [5, 5.41) is 19.7. The van der Waals surface area contributed by atoms with Gasteiger partial charge in [-0.1, -0.05) is 37.3 Å². The Morgan fingerprint density at radius 3 is 2.07 bits per heavy atom. The SMILES string of the molecule is CC(C(O)c1ccccc1)C(C)(C)O. The molecule has 0 heterocycles. The maximum Gasteiger partial charge on any atom is 0.0842 e. The lowest BCUT2D eigenvalue weighted by Crippen LogP contribution is -2.33. The normalized spacial score (nSPS) is 16.4. The van der Waals surface area contributed by atoms with Gasteiger partial charge >= 0.3 is 0 Å². The summed E-state index contributed by atoms with van der Waals surface area (Å²) in [5.74, 6) is -0.190. The number of hydrogen-bond donors (Lipinski definition) is 2. The van der Waals surface area contributed by atoms with E-state index < -0.39 is 11.7 Å². The van der Waals surface area contributed by atoms with Gasteiger partial charge in [0.15, 0.2) is 0 Å². The predicted octanol–water partition coefficient (Wildman–Crippen LogP) is 2.13. The lowest BCUT2D eigenvalue weighted by Gasteiger charge is -2.30. The second-order valence-corrected chi connectivity index (χ2v) is 4.30. The smallest absolute Gasteiger partial charge is 0.0842 e. The Balaban J connectivity index is 2.81. The van der Waals surface area contributed by atoms with Crippen LogP contribution in [0, 0.1) is 5.92 Å². The van der Waals surface area contributed by atoms with Crippen molar-refractivity contribution in [3.8, 4) is 0 Å². The third-order valence-electron chi connectivity index (χ3n) is 2.73. The fraction of sp³-hybridized carbons (Fsp3) is 0.500. The average molecular weight is 194 g/mol. The van der Waals surface area contributed by atoms with Gasteiger partial charge in [-0.2, -0.15) is 0 Å². The molecule has 2 nitrogen and oxygen atoms in total. The van der Waals surface area contributed by atoms with Crippen LogP contribution in [-0.2, 0) is 0 Å². The van der Waals surface area contributed by atoms with Crippen LogP contribution in [0.5, 0.6) is 0 Å². The van der Waals surface area contributed by atoms with Crippen molar-refractivity contribution in [2.45, 2.75) is 32.5 Å². The highest BCUT2D eigenvalue weighted by atomic mass is 16.3. The second-order valence-electron chi connectivity index (χ2n) is 4.30. The number of aliphatic hydroxyl groups excluding tert-OH is 1. The van der Waals surface area contributed by atoms with Gasteiger partial charge in [0.2, 0.25) is 0 Å². The van der Waals surface area contributed by atoms with Crippen LogP contribution in [0.25, 0.3) is 0 Å². The zero-order valence-electron chi connectivity index (χ0n) is 8.94. The van der Waals surface area contributed by atoms with E-state index in [9.17, 15) is 10.2 Å². The molecule has 0 spiro atoms. The maximum atomic E-state index is 9.96. The Hall–Kier alpha value is -0.860. The molecule has 2 unspecified atom stereocenters. The van der Waals surface area contributed by atoms with Crippen molar-refractivity contribution >= 4 is 0 Å². The Labute approximate surface area is 85.2 Å². The summed E-state index contributed by atoms with van der Waals surface area (Å²) in [6, 6.07) is 9.41. The topological polar surface area (TPSA) is 40.5 Å². The molecule has 14 heavy (non-hydrogen) atoms. The molecule has 78 valence electrons. The van der Waals surface area contributed by atoms with Gasteiger partial charge in [-0.15, -0.1) is 0 Å². The summed E-state index contributed by atoms with van der Waals surface area (Å²) in [6.07, 6.45) is -0.615. The van der Waals surface area contributed by atoms with Gasteiger partial charge in [0.25, 0.3) is 0 Å². The van der Waals surface area contributed by atoms with Crippen molar-refractivity contribution in [3.63, 3.8) is 0 Å². The highest BCUT2D eigenvalue weighted by Gasteiger charge is 2.29. The van der Waals surface area contributed by atoms with Gasteiger partial charge < -0.3 is 10.2 Å². The van der Waals surface area contributed by atoms with E-state index in [2.05, 4.69) is 0 Å². The minimum absolute atomic E-state index is 0.190. The van der Waals surface area contributed by atoms with Crippen LogP contribution in [0.1, 0.15) is 32.4 Å². The van der Waals surface area contributed by atoms with Gasteiger partial charge in [0.1, 0.15) is 0 Å². The van der Waals surface area contributed by atoms with Gasteiger partial charge in [-0.25, -0.2) is 0 Å². The second kappa shape index (κ2) is 4.11. The fourth-order valence-electron chi connectivity index (χ4n) is 1.33. The molecule has 0 aliphatic carbocycles. The Morgan fingerprint density at radius 2 is 1.64 bits per heavy atom. The number of aliphatic hydroxyl groups is 2. The molecule has 2 atom stereocenters. The largest absolute Gasteiger partial charge is 0.390 e. The van der Waals surface area contributed by atoms with Crippen LogP contribution in [0.4, 0.5) is 0 Å². The molecule has 0 aliphatic rings. The van der Waals surface area contributed by atoms with Gasteiger partial charge in [-0.05, 0) is 19.4 Å². The Kier molecular flexibility index (Phi) is 3.29. The van der Waals surface area contributed by atoms with Gasteiger partial charge in [-0.3, -0.25) is 0 Å². The molecule has 0 radical (unpaired) electrons. The number of benzene rings is 1. The van der Waals surface area contributed by atoms with Crippen LogP contribution in [-0.4, -0.2) is 15.8 Å². The summed E-state index contributed by atoms with van der Waals surface area (Å²) in [4.78, 5) is 0. The zero-order valence-corrected chi connectivity index (χ0v) is 8.94. The highest BCUT2D eigenvalue weighted by Crippen LogP contribution is 2.29. The van der Waals surface area contributed by atoms with Crippen LogP contribution in [0.15, 0.2) is 30.3 Å². The highest BCUT2D eigenvalue weighted by molar-refractivity contribution is 5.18. The Bertz CT molecular complexity index is 274. The molecule has 1 rings (SSSR count). The summed E-state index contributed by atoms with van der Waals surface area (Å²) in [5.41, 5.74) is -0.0166. The van der Waals surface area contributed by atoms with E-state index in [-0.39, 0.29) is 5.92 Å². The third kappa shape index (κ3) is 2.56. The molecule has 0 bridgehead atoms. The first-order valence-corrected chi connectivity index (χ1v) is 4.88. The van der Waals surface area contributed by atoms with Crippen molar-refractivity contribution in [1.29, 1.82) is 0 Å². The van der Waals surface area contributed by atoms with Gasteiger partial charge in [0.05, 0.1) is 11.7 Å². The van der Waals surface area contributed by atoms with E-state index in [1.54, 1.807) is 13.8 Å². The molecule has 0 saturated carbocycles. The molecule has 0 fully saturated rings. The van der Waals surface area contributed by atoms with Crippen molar-refractivity contribution in [2.75, 3.05) is 0 Å². The first-order valence-electron chi connectivity index (χ1n) is 4.88. The van der Waals surface area contributed by atoms with Crippen molar-refractivity contribution < 1.29 is 10.2 Å². The molecular formula is C12H18O2. The molecular weight excluding hydrogens is 176 g/mol. The number of hydrogen-bond acceptors (Lipinski definition) is 2. The predicted molar refractivity (Wildman–Crippen MR) is 56.9 cm³/mol. The first kappa shape index (κ1) is 11.2. The van der Waals surface area contributed by atoms with E-state index in [4.69, 9.17) is 0 Å². The molecule has 1 aromatic carbocycles. The van der Waals surface area contributed by atoms with Crippen LogP contribution >= 0.6 is 0 Å². The lowest BCUT2D eigenvalue weighted by atomic mass is 9.85. The monoisotopic (exact) mass is 194 g/mol. The van der Waals surface area contributed by atoms with Crippen LogP contribution in [0.2, 0.25) is 0 Å². The fourth-order valence-corrected chi connectivity index (χ4v) is 1.33. The van der Waals surface area contributed by atoms with Crippen molar-refractivity contribution in [1.82, 2.24) is 0 Å². The van der Waals surface area contributed by atoms with Crippen molar-refractivity contribution in [3.05, 3.63) is 35.9 Å². The Morgan fingerprint density at radius 1 is 1.14 bits per heavy atom. The lowest BCUT2D eigenvalue weighted by molar-refractivity contribution is -0.0390. The van der Waals surface area contributed by atoms with E-state index in [0.29, 0.717) is 0 Å². The summed E-state index contributed by atoms with van der Waals surface area (Å²) >= 11 is 0. The molecule has 2 heteroatoms. The molecule has 2 N–H and O–H groups in total. The minimum Gasteiger partial charge on any atom is -0.390 e. The molecule has 0 aliphatic heterocycles. The summed E-state index contributed by atoms with van der Waals surface area (Å²) in [7, 11) is 0. The summed E-state index contributed by atoms with van der Waals surface area (Å²) < 4.78 is 0. The molecule has 0 saturated heterocycles. The minimum atomic E-state index is -0.866. The summed E-state index contributed by atoms with van der Waals surface area (Å²) in [6.45, 7) is 5.27. The third-order valence-corrected chi connectivity index (χ3v) is 2.73. The number of rotatable bonds is 3. The zero-order chi connectivity index (χ0) is 10.8. The van der Waals surface area contributed by atoms with Crippen LogP contribution in [0.3, 0.4) is 0 Å². The molecule has 0 amide bonds. The first-order chi connectivity index (χ1) is 6.43. The van der Waals surface area contributed by atoms with Gasteiger partial charge in [0, 0.05) is 5.92 Å².